The number of likely N-dealkylation sites (tertiary alicyclic amines) is 1. The number of hydrogen-bond acceptors (Lipinski definition) is 3. The number of pyridine rings is 1. The number of hydrogen-bond donors (Lipinski definition) is 0. The standard InChI is InChI=1S/C18H17F3N2O2/c1-11-5-12(2)7-13(6-11)17(24)23-9-15(10-23)25-16-8-14(3-4-22-16)18(19,20)21/h3-8,15H,9-10H2,1-2H3. The fraction of sp³-hybridized carbons (Fsp3) is 0.333. The molecule has 7 heteroatoms. The predicted molar refractivity (Wildman–Crippen MR) is 85.5 cm³/mol. The van der Waals surface area contributed by atoms with Crippen LogP contribution in [-0.2, 0) is 6.18 Å². The van der Waals surface area contributed by atoms with Gasteiger partial charge in [-0.1, -0.05) is 17.2 Å². The summed E-state index contributed by atoms with van der Waals surface area (Å²) in [6.07, 6.45) is -3.73. The van der Waals surface area contributed by atoms with Crippen LogP contribution in [0.15, 0.2) is 36.5 Å². The molecule has 4 nitrogen and oxygen atoms in total. The average Bonchev–Trinajstić information content (AvgIpc) is 2.48. The number of carbonyl (C=O) groups is 1. The molecule has 0 radical (unpaired) electrons. The van der Waals surface area contributed by atoms with Gasteiger partial charge < -0.3 is 9.64 Å². The number of benzene rings is 1. The van der Waals surface area contributed by atoms with Gasteiger partial charge in [-0.05, 0) is 32.0 Å². The second kappa shape index (κ2) is 6.38. The van der Waals surface area contributed by atoms with Crippen molar-refractivity contribution < 1.29 is 22.7 Å². The Morgan fingerprint density at radius 2 is 1.80 bits per heavy atom. The summed E-state index contributed by atoms with van der Waals surface area (Å²) >= 11 is 0. The Bertz CT molecular complexity index is 779. The fourth-order valence-corrected chi connectivity index (χ4v) is 2.78. The number of rotatable bonds is 3. The highest BCUT2D eigenvalue weighted by molar-refractivity contribution is 5.95. The van der Waals surface area contributed by atoms with Gasteiger partial charge in [-0.3, -0.25) is 4.79 Å². The van der Waals surface area contributed by atoms with Gasteiger partial charge in [-0.2, -0.15) is 13.2 Å². The number of ether oxygens (including phenoxy) is 1. The Morgan fingerprint density at radius 3 is 2.40 bits per heavy atom. The lowest BCUT2D eigenvalue weighted by Gasteiger charge is -2.38. The molecule has 0 unspecified atom stereocenters. The molecule has 2 heterocycles. The minimum atomic E-state index is -4.44. The molecular formula is C18H17F3N2O2. The SMILES string of the molecule is Cc1cc(C)cc(C(=O)N2CC(Oc3cc(C(F)(F)F)ccn3)C2)c1. The highest BCUT2D eigenvalue weighted by Crippen LogP contribution is 2.31. The molecule has 0 saturated carbocycles. The molecule has 1 aliphatic heterocycles. The third-order valence-corrected chi connectivity index (χ3v) is 3.95. The molecule has 1 amide bonds. The summed E-state index contributed by atoms with van der Waals surface area (Å²) in [5.41, 5.74) is 1.81. The fourth-order valence-electron chi connectivity index (χ4n) is 2.78. The van der Waals surface area contributed by atoms with Crippen molar-refractivity contribution in [1.29, 1.82) is 0 Å². The van der Waals surface area contributed by atoms with Crippen LogP contribution in [0.25, 0.3) is 0 Å². The van der Waals surface area contributed by atoms with Crippen molar-refractivity contribution >= 4 is 5.91 Å². The summed E-state index contributed by atoms with van der Waals surface area (Å²) in [6.45, 7) is 4.49. The number of alkyl halides is 3. The maximum Gasteiger partial charge on any atom is 0.416 e. The Labute approximate surface area is 143 Å². The zero-order chi connectivity index (χ0) is 18.2. The Balaban J connectivity index is 1.60. The normalized spacial score (nSPS) is 15.0. The van der Waals surface area contributed by atoms with E-state index < -0.39 is 11.7 Å². The molecule has 1 aromatic heterocycles. The quantitative estimate of drug-likeness (QED) is 0.849. The van der Waals surface area contributed by atoms with Crippen molar-refractivity contribution in [2.45, 2.75) is 26.1 Å². The molecule has 1 aliphatic rings. The number of aryl methyl sites for hydroxylation is 2. The Hall–Kier alpha value is -2.57. The van der Waals surface area contributed by atoms with E-state index in [9.17, 15) is 18.0 Å². The highest BCUT2D eigenvalue weighted by atomic mass is 19.4. The smallest absolute Gasteiger partial charge is 0.416 e. The predicted octanol–water partition coefficient (Wildman–Crippen LogP) is 3.62. The molecule has 0 N–H and O–H groups in total. The largest absolute Gasteiger partial charge is 0.471 e. The van der Waals surface area contributed by atoms with Gasteiger partial charge in [-0.25, -0.2) is 4.98 Å². The summed E-state index contributed by atoms with van der Waals surface area (Å²) in [5.74, 6) is -0.193. The van der Waals surface area contributed by atoms with Gasteiger partial charge in [0.05, 0.1) is 18.7 Å². The second-order valence-electron chi connectivity index (χ2n) is 6.21. The van der Waals surface area contributed by atoms with Crippen molar-refractivity contribution in [3.63, 3.8) is 0 Å². The lowest BCUT2D eigenvalue weighted by atomic mass is 10.0. The number of carbonyl (C=O) groups excluding carboxylic acids is 1. The summed E-state index contributed by atoms with van der Waals surface area (Å²) in [6, 6.07) is 7.38. The molecule has 1 saturated heterocycles. The van der Waals surface area contributed by atoms with Crippen LogP contribution in [0.3, 0.4) is 0 Å². The summed E-state index contributed by atoms with van der Waals surface area (Å²) in [5, 5.41) is 0. The summed E-state index contributed by atoms with van der Waals surface area (Å²) in [4.78, 5) is 17.8. The van der Waals surface area contributed by atoms with Gasteiger partial charge >= 0.3 is 6.18 Å². The maximum atomic E-state index is 12.7. The van der Waals surface area contributed by atoms with E-state index in [1.165, 1.54) is 0 Å². The zero-order valence-electron chi connectivity index (χ0n) is 13.8. The summed E-state index contributed by atoms with van der Waals surface area (Å²) < 4.78 is 43.5. The average molecular weight is 350 g/mol. The van der Waals surface area contributed by atoms with Gasteiger partial charge in [-0.15, -0.1) is 0 Å². The third kappa shape index (κ3) is 3.92. The number of halogens is 3. The van der Waals surface area contributed by atoms with E-state index in [0.29, 0.717) is 18.7 Å². The van der Waals surface area contributed by atoms with Crippen molar-refractivity contribution in [1.82, 2.24) is 9.88 Å². The van der Waals surface area contributed by atoms with Crippen LogP contribution in [0, 0.1) is 13.8 Å². The molecule has 0 aliphatic carbocycles. The Morgan fingerprint density at radius 1 is 1.16 bits per heavy atom. The van der Waals surface area contributed by atoms with Gasteiger partial charge in [0, 0.05) is 17.8 Å². The van der Waals surface area contributed by atoms with Crippen molar-refractivity contribution in [2.75, 3.05) is 13.1 Å². The molecule has 2 aromatic rings. The maximum absolute atomic E-state index is 12.7. The molecule has 25 heavy (non-hydrogen) atoms. The van der Waals surface area contributed by atoms with Crippen LogP contribution in [0.5, 0.6) is 5.88 Å². The van der Waals surface area contributed by atoms with E-state index in [1.54, 1.807) is 4.90 Å². The zero-order valence-corrected chi connectivity index (χ0v) is 13.8. The molecular weight excluding hydrogens is 333 g/mol. The van der Waals surface area contributed by atoms with E-state index in [4.69, 9.17) is 4.74 Å². The van der Waals surface area contributed by atoms with Crippen molar-refractivity contribution in [2.24, 2.45) is 0 Å². The Kier molecular flexibility index (Phi) is 4.41. The lowest BCUT2D eigenvalue weighted by Crippen LogP contribution is -2.56. The summed E-state index contributed by atoms with van der Waals surface area (Å²) in [7, 11) is 0. The lowest BCUT2D eigenvalue weighted by molar-refractivity contribution is -0.137. The molecule has 1 fully saturated rings. The van der Waals surface area contributed by atoms with Crippen LogP contribution in [0.2, 0.25) is 0 Å². The topological polar surface area (TPSA) is 42.4 Å². The monoisotopic (exact) mass is 350 g/mol. The van der Waals surface area contributed by atoms with E-state index in [1.807, 2.05) is 32.0 Å². The molecule has 0 bridgehead atoms. The van der Waals surface area contributed by atoms with E-state index in [-0.39, 0.29) is 17.9 Å². The van der Waals surface area contributed by atoms with E-state index in [2.05, 4.69) is 4.98 Å². The van der Waals surface area contributed by atoms with Crippen LogP contribution in [-0.4, -0.2) is 35.0 Å². The minimum Gasteiger partial charge on any atom is -0.471 e. The first-order valence-corrected chi connectivity index (χ1v) is 7.80. The molecule has 0 spiro atoms. The molecule has 132 valence electrons. The van der Waals surface area contributed by atoms with Gasteiger partial charge in [0.1, 0.15) is 6.10 Å². The number of aromatic nitrogens is 1. The van der Waals surface area contributed by atoms with E-state index >= 15 is 0 Å². The first-order chi connectivity index (χ1) is 11.7. The first-order valence-electron chi connectivity index (χ1n) is 7.80. The highest BCUT2D eigenvalue weighted by Gasteiger charge is 2.34. The third-order valence-electron chi connectivity index (χ3n) is 3.95. The molecule has 1 aromatic carbocycles. The van der Waals surface area contributed by atoms with Crippen LogP contribution in [0.1, 0.15) is 27.0 Å². The molecule has 3 rings (SSSR count). The van der Waals surface area contributed by atoms with Crippen molar-refractivity contribution in [3.8, 4) is 5.88 Å². The number of amides is 1. The first kappa shape index (κ1) is 17.3. The van der Waals surface area contributed by atoms with Gasteiger partial charge in [0.15, 0.2) is 0 Å². The molecule has 0 atom stereocenters. The second-order valence-corrected chi connectivity index (χ2v) is 6.21. The van der Waals surface area contributed by atoms with Crippen molar-refractivity contribution in [3.05, 3.63) is 58.8 Å². The van der Waals surface area contributed by atoms with Crippen LogP contribution >= 0.6 is 0 Å². The number of nitrogens with zero attached hydrogens (tertiary/aromatic N) is 2. The van der Waals surface area contributed by atoms with Gasteiger partial charge in [0.2, 0.25) is 5.88 Å². The van der Waals surface area contributed by atoms with Gasteiger partial charge in [0.25, 0.3) is 5.91 Å². The minimum absolute atomic E-state index is 0.0849. The van der Waals surface area contributed by atoms with Crippen LogP contribution < -0.4 is 4.74 Å². The van der Waals surface area contributed by atoms with E-state index in [0.717, 1.165) is 29.5 Å². The van der Waals surface area contributed by atoms with Crippen LogP contribution in [0.4, 0.5) is 13.2 Å².